The molecule has 0 fully saturated rings. The summed E-state index contributed by atoms with van der Waals surface area (Å²) in [6.07, 6.45) is 1.79. The number of ether oxygens (including phenoxy) is 1. The van der Waals surface area contributed by atoms with Gasteiger partial charge in [-0.15, -0.1) is 0 Å². The maximum Gasteiger partial charge on any atom is 0.501 e. The Bertz CT molecular complexity index is 337. The Morgan fingerprint density at radius 1 is 1.14 bits per heavy atom. The standard InChI is InChI=1S/C16H32O5Si/c1-9-15(17)18-11-10-12-22(19-13(2)3,20-14(4)5)21-16(6,7)8/h9,13-14H,1,10-12H2,2-8H3. The average Bonchev–Trinajstić information content (AvgIpc) is 2.30. The number of esters is 1. The lowest BCUT2D eigenvalue weighted by atomic mass is 10.2. The summed E-state index contributed by atoms with van der Waals surface area (Å²) >= 11 is 0. The molecule has 0 unspecified atom stereocenters. The molecule has 0 rings (SSSR count). The molecular weight excluding hydrogens is 300 g/mol. The van der Waals surface area contributed by atoms with Gasteiger partial charge in [0.25, 0.3) is 0 Å². The summed E-state index contributed by atoms with van der Waals surface area (Å²) < 4.78 is 23.4. The summed E-state index contributed by atoms with van der Waals surface area (Å²) in [6, 6.07) is 0.602. The Balaban J connectivity index is 4.91. The Labute approximate surface area is 136 Å². The van der Waals surface area contributed by atoms with Crippen LogP contribution in [0.2, 0.25) is 6.04 Å². The molecule has 0 atom stereocenters. The van der Waals surface area contributed by atoms with Crippen molar-refractivity contribution >= 4 is 14.8 Å². The summed E-state index contributed by atoms with van der Waals surface area (Å²) in [5.41, 5.74) is -0.367. The summed E-state index contributed by atoms with van der Waals surface area (Å²) in [5.74, 6) is -0.418. The van der Waals surface area contributed by atoms with Crippen molar-refractivity contribution in [2.45, 2.75) is 78.7 Å². The van der Waals surface area contributed by atoms with Gasteiger partial charge in [0.15, 0.2) is 0 Å². The SMILES string of the molecule is C=CC(=O)OCCC[Si](OC(C)C)(OC(C)C)OC(C)(C)C. The van der Waals surface area contributed by atoms with E-state index in [4.69, 9.17) is 18.0 Å². The molecule has 0 aromatic heterocycles. The van der Waals surface area contributed by atoms with Crippen LogP contribution in [0.4, 0.5) is 0 Å². The van der Waals surface area contributed by atoms with Crippen molar-refractivity contribution in [2.75, 3.05) is 6.61 Å². The second kappa shape index (κ2) is 9.45. The number of rotatable bonds is 10. The molecule has 0 radical (unpaired) electrons. The number of hydrogen-bond acceptors (Lipinski definition) is 5. The molecule has 0 bridgehead atoms. The summed E-state index contributed by atoms with van der Waals surface area (Å²) in [7, 11) is -2.86. The highest BCUT2D eigenvalue weighted by Crippen LogP contribution is 2.27. The largest absolute Gasteiger partial charge is 0.501 e. The fourth-order valence-corrected chi connectivity index (χ4v) is 5.39. The molecule has 0 spiro atoms. The fourth-order valence-electron chi connectivity index (χ4n) is 1.95. The molecule has 0 saturated carbocycles. The van der Waals surface area contributed by atoms with Gasteiger partial charge in [-0.05, 0) is 54.9 Å². The zero-order chi connectivity index (χ0) is 17.4. The van der Waals surface area contributed by atoms with Gasteiger partial charge in [0, 0.05) is 24.3 Å². The quantitative estimate of drug-likeness (QED) is 0.264. The van der Waals surface area contributed by atoms with Gasteiger partial charge in [-0.2, -0.15) is 0 Å². The maximum atomic E-state index is 11.1. The van der Waals surface area contributed by atoms with Crippen LogP contribution < -0.4 is 0 Å². The predicted octanol–water partition coefficient (Wildman–Crippen LogP) is 3.71. The Morgan fingerprint density at radius 2 is 1.64 bits per heavy atom. The third kappa shape index (κ3) is 10.1. The highest BCUT2D eigenvalue weighted by molar-refractivity contribution is 6.60. The van der Waals surface area contributed by atoms with Crippen LogP contribution in [0.1, 0.15) is 54.9 Å². The second-order valence-electron chi connectivity index (χ2n) is 6.71. The van der Waals surface area contributed by atoms with E-state index >= 15 is 0 Å². The topological polar surface area (TPSA) is 54.0 Å². The Kier molecular flexibility index (Phi) is 9.15. The molecule has 0 aliphatic carbocycles. The zero-order valence-electron chi connectivity index (χ0n) is 15.1. The molecule has 5 nitrogen and oxygen atoms in total. The van der Waals surface area contributed by atoms with Crippen LogP contribution in [0.5, 0.6) is 0 Å². The third-order valence-corrected chi connectivity index (χ3v) is 5.88. The number of hydrogen-bond donors (Lipinski definition) is 0. The van der Waals surface area contributed by atoms with Gasteiger partial charge in [0.1, 0.15) is 0 Å². The monoisotopic (exact) mass is 332 g/mol. The molecule has 0 amide bonds. The van der Waals surface area contributed by atoms with Crippen molar-refractivity contribution in [3.8, 4) is 0 Å². The minimum absolute atomic E-state index is 0.00323. The van der Waals surface area contributed by atoms with Gasteiger partial charge in [-0.3, -0.25) is 0 Å². The highest BCUT2D eigenvalue weighted by Gasteiger charge is 2.45. The van der Waals surface area contributed by atoms with Crippen LogP contribution >= 0.6 is 0 Å². The van der Waals surface area contributed by atoms with Crippen LogP contribution in [-0.4, -0.2) is 39.2 Å². The first-order valence-electron chi connectivity index (χ1n) is 7.84. The molecule has 0 aromatic rings. The molecule has 0 aromatic carbocycles. The van der Waals surface area contributed by atoms with E-state index in [0.29, 0.717) is 19.1 Å². The Hall–Kier alpha value is -0.693. The first kappa shape index (κ1) is 21.3. The summed E-state index contributed by atoms with van der Waals surface area (Å²) in [6.45, 7) is 17.5. The first-order valence-corrected chi connectivity index (χ1v) is 9.78. The van der Waals surface area contributed by atoms with Crippen LogP contribution in [-0.2, 0) is 22.8 Å². The molecule has 22 heavy (non-hydrogen) atoms. The lowest BCUT2D eigenvalue weighted by Crippen LogP contribution is -2.53. The predicted molar refractivity (Wildman–Crippen MR) is 89.6 cm³/mol. The van der Waals surface area contributed by atoms with E-state index in [0.717, 1.165) is 6.08 Å². The van der Waals surface area contributed by atoms with Gasteiger partial charge in [-0.1, -0.05) is 6.58 Å². The highest BCUT2D eigenvalue weighted by atomic mass is 28.4. The Morgan fingerprint density at radius 3 is 2.00 bits per heavy atom. The van der Waals surface area contributed by atoms with Crippen molar-refractivity contribution in [2.24, 2.45) is 0 Å². The smallest absolute Gasteiger partial charge is 0.463 e. The third-order valence-electron chi connectivity index (χ3n) is 2.33. The lowest BCUT2D eigenvalue weighted by Gasteiger charge is -2.38. The van der Waals surface area contributed by atoms with E-state index in [9.17, 15) is 4.79 Å². The van der Waals surface area contributed by atoms with Gasteiger partial charge in [-0.25, -0.2) is 4.79 Å². The first-order chi connectivity index (χ1) is 9.99. The van der Waals surface area contributed by atoms with E-state index in [1.54, 1.807) is 0 Å². The van der Waals surface area contributed by atoms with Crippen LogP contribution in [0.25, 0.3) is 0 Å². The molecule has 0 heterocycles. The average molecular weight is 333 g/mol. The van der Waals surface area contributed by atoms with E-state index in [-0.39, 0.29) is 17.8 Å². The van der Waals surface area contributed by atoms with Gasteiger partial charge in [0.2, 0.25) is 0 Å². The molecule has 0 aliphatic heterocycles. The molecule has 0 saturated heterocycles. The molecule has 0 N–H and O–H groups in total. The molecular formula is C16H32O5Si. The molecule has 130 valence electrons. The van der Waals surface area contributed by atoms with E-state index in [1.807, 2.05) is 48.5 Å². The van der Waals surface area contributed by atoms with Crippen LogP contribution in [0, 0.1) is 0 Å². The van der Waals surface area contributed by atoms with Crippen molar-refractivity contribution in [3.63, 3.8) is 0 Å². The molecule has 0 aliphatic rings. The fraction of sp³-hybridized carbons (Fsp3) is 0.812. The lowest BCUT2D eigenvalue weighted by molar-refractivity contribution is -0.137. The minimum Gasteiger partial charge on any atom is -0.463 e. The normalized spacial score (nSPS) is 12.8. The van der Waals surface area contributed by atoms with Gasteiger partial charge in [0.05, 0.1) is 12.2 Å². The van der Waals surface area contributed by atoms with Crippen LogP contribution in [0.15, 0.2) is 12.7 Å². The maximum absolute atomic E-state index is 11.1. The number of carbonyl (C=O) groups excluding carboxylic acids is 1. The van der Waals surface area contributed by atoms with E-state index in [2.05, 4.69) is 6.58 Å². The summed E-state index contributed by atoms with van der Waals surface area (Å²) in [5, 5.41) is 0. The van der Waals surface area contributed by atoms with Crippen molar-refractivity contribution in [3.05, 3.63) is 12.7 Å². The summed E-state index contributed by atoms with van der Waals surface area (Å²) in [4.78, 5) is 11.1. The molecule has 6 heteroatoms. The van der Waals surface area contributed by atoms with E-state index < -0.39 is 14.8 Å². The van der Waals surface area contributed by atoms with Gasteiger partial charge < -0.3 is 18.0 Å². The van der Waals surface area contributed by atoms with Crippen molar-refractivity contribution in [1.29, 1.82) is 0 Å². The minimum atomic E-state index is -2.86. The zero-order valence-corrected chi connectivity index (χ0v) is 16.1. The van der Waals surface area contributed by atoms with Crippen molar-refractivity contribution < 1.29 is 22.8 Å². The number of carbonyl (C=O) groups is 1. The second-order valence-corrected chi connectivity index (χ2v) is 9.25. The van der Waals surface area contributed by atoms with Crippen LogP contribution in [0.3, 0.4) is 0 Å². The van der Waals surface area contributed by atoms with E-state index in [1.165, 1.54) is 0 Å². The van der Waals surface area contributed by atoms with Crippen molar-refractivity contribution in [1.82, 2.24) is 0 Å². The van der Waals surface area contributed by atoms with Gasteiger partial charge >= 0.3 is 14.8 Å².